The third-order valence-electron chi connectivity index (χ3n) is 8.18. The highest BCUT2D eigenvalue weighted by Gasteiger charge is 2.29. The lowest BCUT2D eigenvalue weighted by Gasteiger charge is -2.25. The monoisotopic (exact) mass is 644 g/mol. The Hall–Kier alpha value is -4.58. The van der Waals surface area contributed by atoms with Gasteiger partial charge in [-0.1, -0.05) is 56.3 Å². The number of carbonyl (C=O) groups is 4. The molecule has 12 heteroatoms. The summed E-state index contributed by atoms with van der Waals surface area (Å²) in [6.07, 6.45) is 3.74. The number of amides is 4. The second-order valence-electron chi connectivity index (χ2n) is 12.5. The number of carbonyl (C=O) groups excluding carboxylic acids is 4. The number of hydrogen-bond donors (Lipinski definition) is 4. The summed E-state index contributed by atoms with van der Waals surface area (Å²) in [6, 6.07) is 14.2. The summed E-state index contributed by atoms with van der Waals surface area (Å²) in [6.45, 7) is 10.7. The molecule has 12 nitrogen and oxygen atoms in total. The summed E-state index contributed by atoms with van der Waals surface area (Å²) in [7, 11) is 0. The fourth-order valence-electron chi connectivity index (χ4n) is 5.59. The molecule has 47 heavy (non-hydrogen) atoms. The quantitative estimate of drug-likeness (QED) is 0.289. The van der Waals surface area contributed by atoms with Gasteiger partial charge in [0.15, 0.2) is 0 Å². The van der Waals surface area contributed by atoms with Gasteiger partial charge in [0.2, 0.25) is 17.7 Å². The van der Waals surface area contributed by atoms with Gasteiger partial charge in [0.05, 0.1) is 6.54 Å². The van der Waals surface area contributed by atoms with E-state index in [-0.39, 0.29) is 24.2 Å². The maximum Gasteiger partial charge on any atom is 0.251 e. The summed E-state index contributed by atoms with van der Waals surface area (Å²) in [5, 5.41) is 15.8. The molecular formula is C35H48N8O4. The normalized spacial score (nSPS) is 21.0. The number of fused-ring (bicyclic) bond motifs is 18. The number of benzene rings is 2. The molecule has 3 aromatic rings. The van der Waals surface area contributed by atoms with Gasteiger partial charge in [-0.3, -0.25) is 24.1 Å². The molecule has 0 aliphatic carbocycles. The van der Waals surface area contributed by atoms with E-state index < -0.39 is 29.9 Å². The van der Waals surface area contributed by atoms with Gasteiger partial charge in [0, 0.05) is 31.6 Å². The van der Waals surface area contributed by atoms with Crippen molar-refractivity contribution in [2.75, 3.05) is 13.1 Å². The smallest absolute Gasteiger partial charge is 0.251 e. The maximum atomic E-state index is 13.7. The highest BCUT2D eigenvalue weighted by molar-refractivity contribution is 5.98. The van der Waals surface area contributed by atoms with Gasteiger partial charge in [0.25, 0.3) is 5.91 Å². The van der Waals surface area contributed by atoms with Gasteiger partial charge < -0.3 is 21.3 Å². The maximum absolute atomic E-state index is 13.7. The Labute approximate surface area is 277 Å². The summed E-state index contributed by atoms with van der Waals surface area (Å²) in [5.41, 5.74) is 2.32. The van der Waals surface area contributed by atoms with Gasteiger partial charge in [0.1, 0.15) is 30.3 Å². The standard InChI is InChI=1S/C35H48N8O4/c1-5-43-31(37-23-38-43)22-42-18-10-9-17-36-32(44)25(4)39-34(46)29(19-24(2)3)41-35(47)30(20-26-11-7-6-8-12-26)40-33(45)28-15-13-27(21-42)14-16-28/h6-8,11-16,23-25,29-30H,5,9-10,17-22H2,1-4H3,(H,36,44)(H,39,46)(H,40,45)(H,41,47)/t25-,29+,30-/m1/s1. The van der Waals surface area contributed by atoms with Crippen LogP contribution in [0.25, 0.3) is 0 Å². The largest absolute Gasteiger partial charge is 0.354 e. The summed E-state index contributed by atoms with van der Waals surface area (Å²) in [4.78, 5) is 60.2. The Balaban J connectivity index is 1.60. The average molecular weight is 645 g/mol. The molecule has 0 saturated carbocycles. The Morgan fingerprint density at radius 1 is 0.872 bits per heavy atom. The third-order valence-corrected chi connectivity index (χ3v) is 8.18. The van der Waals surface area contributed by atoms with Crippen LogP contribution in [0.1, 0.15) is 74.3 Å². The number of nitrogens with one attached hydrogen (secondary N) is 4. The van der Waals surface area contributed by atoms with Crippen LogP contribution < -0.4 is 21.3 Å². The first kappa shape index (κ1) is 35.3. The van der Waals surface area contributed by atoms with Crippen molar-refractivity contribution < 1.29 is 19.2 Å². The third kappa shape index (κ3) is 10.7. The predicted octanol–water partition coefficient (Wildman–Crippen LogP) is 2.59. The zero-order valence-corrected chi connectivity index (χ0v) is 27.9. The molecule has 0 saturated heterocycles. The molecule has 0 unspecified atom stereocenters. The van der Waals surface area contributed by atoms with Crippen LogP contribution in [-0.2, 0) is 40.4 Å². The lowest BCUT2D eigenvalue weighted by Crippen LogP contribution is -2.57. The molecule has 4 N–H and O–H groups in total. The first-order valence-electron chi connectivity index (χ1n) is 16.5. The molecule has 0 radical (unpaired) electrons. The van der Waals surface area contributed by atoms with E-state index in [4.69, 9.17) is 0 Å². The zero-order valence-electron chi connectivity index (χ0n) is 27.9. The number of hydrogen-bond acceptors (Lipinski definition) is 7. The lowest BCUT2D eigenvalue weighted by atomic mass is 10.0. The molecule has 252 valence electrons. The van der Waals surface area contributed by atoms with Gasteiger partial charge >= 0.3 is 0 Å². The van der Waals surface area contributed by atoms with E-state index in [1.54, 1.807) is 25.4 Å². The molecule has 0 spiro atoms. The topological polar surface area (TPSA) is 150 Å². The van der Waals surface area contributed by atoms with Crippen LogP contribution >= 0.6 is 0 Å². The lowest BCUT2D eigenvalue weighted by molar-refractivity contribution is -0.132. The van der Waals surface area contributed by atoms with E-state index in [1.165, 1.54) is 0 Å². The van der Waals surface area contributed by atoms with Crippen LogP contribution in [0.15, 0.2) is 60.9 Å². The van der Waals surface area contributed by atoms with E-state index in [1.807, 2.05) is 67.9 Å². The van der Waals surface area contributed by atoms with Crippen LogP contribution in [0.5, 0.6) is 0 Å². The molecular weight excluding hydrogens is 596 g/mol. The molecule has 1 aromatic heterocycles. The first-order valence-corrected chi connectivity index (χ1v) is 16.5. The fourth-order valence-corrected chi connectivity index (χ4v) is 5.59. The van der Waals surface area contributed by atoms with E-state index in [2.05, 4.69) is 36.2 Å². The fraction of sp³-hybridized carbons (Fsp3) is 0.486. The van der Waals surface area contributed by atoms with E-state index in [0.29, 0.717) is 31.6 Å². The first-order chi connectivity index (χ1) is 22.6. The summed E-state index contributed by atoms with van der Waals surface area (Å²) in [5.74, 6) is -0.647. The summed E-state index contributed by atoms with van der Waals surface area (Å²) >= 11 is 0. The molecule has 2 aromatic carbocycles. The minimum absolute atomic E-state index is 0.0863. The van der Waals surface area contributed by atoms with Crippen molar-refractivity contribution in [3.8, 4) is 0 Å². The number of nitrogens with zero attached hydrogens (tertiary/aromatic N) is 4. The van der Waals surface area contributed by atoms with Crippen LogP contribution in [0.3, 0.4) is 0 Å². The van der Waals surface area contributed by atoms with Crippen LogP contribution in [0.2, 0.25) is 0 Å². The van der Waals surface area contributed by atoms with E-state index in [0.717, 1.165) is 42.9 Å². The highest BCUT2D eigenvalue weighted by atomic mass is 16.2. The molecule has 4 amide bonds. The molecule has 2 aliphatic heterocycles. The summed E-state index contributed by atoms with van der Waals surface area (Å²) < 4.78 is 1.87. The molecule has 3 atom stereocenters. The number of aryl methyl sites for hydroxylation is 1. The molecule has 2 aliphatic rings. The van der Waals surface area contributed by atoms with Crippen molar-refractivity contribution in [3.63, 3.8) is 0 Å². The van der Waals surface area contributed by atoms with Crippen molar-refractivity contribution in [2.45, 2.75) is 91.1 Å². The van der Waals surface area contributed by atoms with Crippen molar-refractivity contribution >= 4 is 23.6 Å². The van der Waals surface area contributed by atoms with Crippen molar-refractivity contribution in [1.82, 2.24) is 40.9 Å². The Morgan fingerprint density at radius 2 is 1.60 bits per heavy atom. The predicted molar refractivity (Wildman–Crippen MR) is 179 cm³/mol. The van der Waals surface area contributed by atoms with Crippen LogP contribution in [0, 0.1) is 5.92 Å². The second-order valence-corrected chi connectivity index (χ2v) is 12.5. The highest BCUT2D eigenvalue weighted by Crippen LogP contribution is 2.14. The van der Waals surface area contributed by atoms with Gasteiger partial charge in [-0.2, -0.15) is 5.10 Å². The van der Waals surface area contributed by atoms with Gasteiger partial charge in [-0.05, 0) is 68.8 Å². The van der Waals surface area contributed by atoms with Crippen molar-refractivity contribution in [3.05, 3.63) is 83.4 Å². The number of rotatable bonds is 7. The Kier molecular flexibility index (Phi) is 13.0. The SMILES string of the molecule is CCn1ncnc1CN1CCCCNC(=O)[C@@H](C)NC(=O)[C@H](CC(C)C)NC(=O)[C@@H](Cc2ccccc2)NC(=O)c2ccc(cc2)C1. The Morgan fingerprint density at radius 3 is 2.30 bits per heavy atom. The van der Waals surface area contributed by atoms with Gasteiger partial charge in [-0.15, -0.1) is 0 Å². The van der Waals surface area contributed by atoms with Crippen LogP contribution in [-0.4, -0.2) is 74.5 Å². The minimum atomic E-state index is -0.937. The second kappa shape index (κ2) is 17.4. The minimum Gasteiger partial charge on any atom is -0.354 e. The molecule has 2 bridgehead atoms. The van der Waals surface area contributed by atoms with E-state index >= 15 is 0 Å². The zero-order chi connectivity index (χ0) is 33.8. The van der Waals surface area contributed by atoms with Crippen LogP contribution in [0.4, 0.5) is 0 Å². The van der Waals surface area contributed by atoms with Crippen molar-refractivity contribution in [2.24, 2.45) is 5.92 Å². The molecule has 5 rings (SSSR count). The number of aromatic nitrogens is 3. The Bertz CT molecular complexity index is 1470. The van der Waals surface area contributed by atoms with Crippen molar-refractivity contribution in [1.29, 1.82) is 0 Å². The average Bonchev–Trinajstić information content (AvgIpc) is 3.50. The van der Waals surface area contributed by atoms with E-state index in [9.17, 15) is 19.2 Å². The van der Waals surface area contributed by atoms with Gasteiger partial charge in [-0.25, -0.2) is 9.67 Å². The molecule has 0 fully saturated rings. The molecule has 3 heterocycles.